The molecule has 13 rings (SSSR count). The summed E-state index contributed by atoms with van der Waals surface area (Å²) in [7, 11) is 0. The summed E-state index contributed by atoms with van der Waals surface area (Å²) in [6.07, 6.45) is 2.24. The van der Waals surface area contributed by atoms with E-state index < -0.39 is 0 Å². The molecular weight excluding hydrogens is 777 g/mol. The van der Waals surface area contributed by atoms with Crippen LogP contribution < -0.4 is 0 Å². The quantitative estimate of drug-likeness (QED) is 0.177. The van der Waals surface area contributed by atoms with Gasteiger partial charge >= 0.3 is 0 Å². The Hall–Kier alpha value is -7.56. The van der Waals surface area contributed by atoms with Gasteiger partial charge in [-0.15, -0.1) is 0 Å². The molecule has 0 saturated heterocycles. The molecule has 1 aliphatic carbocycles. The van der Waals surface area contributed by atoms with E-state index in [0.29, 0.717) is 0 Å². The van der Waals surface area contributed by atoms with Crippen molar-refractivity contribution in [3.8, 4) is 33.9 Å². The van der Waals surface area contributed by atoms with Gasteiger partial charge in [0.25, 0.3) is 0 Å². The van der Waals surface area contributed by atoms with E-state index in [1.807, 2.05) is 0 Å². The molecule has 9 aromatic carbocycles. The van der Waals surface area contributed by atoms with Crippen molar-refractivity contribution < 1.29 is 0 Å². The Labute approximate surface area is 372 Å². The van der Waals surface area contributed by atoms with E-state index in [1.54, 1.807) is 0 Å². The fourth-order valence-corrected chi connectivity index (χ4v) is 11.3. The van der Waals surface area contributed by atoms with Crippen LogP contribution in [0.2, 0.25) is 0 Å². The van der Waals surface area contributed by atoms with Gasteiger partial charge in [0.15, 0.2) is 5.82 Å². The topological polar surface area (TPSA) is 35.6 Å². The third-order valence-corrected chi connectivity index (χ3v) is 14.5. The number of benzene rings is 9. The fourth-order valence-electron chi connectivity index (χ4n) is 11.3. The zero-order valence-electron chi connectivity index (χ0n) is 36.5. The van der Waals surface area contributed by atoms with Crippen molar-refractivity contribution >= 4 is 76.2 Å². The highest BCUT2D eigenvalue weighted by Crippen LogP contribution is 2.54. The van der Waals surface area contributed by atoms with Crippen molar-refractivity contribution in [3.63, 3.8) is 0 Å². The summed E-state index contributed by atoms with van der Waals surface area (Å²) in [6.45, 7) is 9.80. The summed E-state index contributed by atoms with van der Waals surface area (Å²) in [6, 6.07) is 66.4. The highest BCUT2D eigenvalue weighted by atomic mass is 15.1. The lowest BCUT2D eigenvalue weighted by molar-refractivity contribution is 0.334. The number of hydrogen-bond donors (Lipinski definition) is 0. The molecule has 0 amide bonds. The Morgan fingerprint density at radius 3 is 1.86 bits per heavy atom. The van der Waals surface area contributed by atoms with Crippen LogP contribution in [0.15, 0.2) is 182 Å². The van der Waals surface area contributed by atoms with Crippen molar-refractivity contribution in [2.45, 2.75) is 51.4 Å². The second-order valence-corrected chi connectivity index (χ2v) is 19.2. The average molecular weight is 823 g/mol. The first-order valence-corrected chi connectivity index (χ1v) is 22.6. The summed E-state index contributed by atoms with van der Waals surface area (Å²) in [5.74, 6) is 0.823. The van der Waals surface area contributed by atoms with Crippen LogP contribution in [0.25, 0.3) is 110 Å². The van der Waals surface area contributed by atoms with Crippen LogP contribution >= 0.6 is 0 Å². The molecule has 4 heteroatoms. The molecule has 0 unspecified atom stereocenters. The van der Waals surface area contributed by atoms with E-state index in [1.165, 1.54) is 70.8 Å². The van der Waals surface area contributed by atoms with E-state index in [-0.39, 0.29) is 10.8 Å². The lowest BCUT2D eigenvalue weighted by atomic mass is 9.62. The Morgan fingerprint density at radius 1 is 0.422 bits per heavy atom. The molecule has 4 nitrogen and oxygen atoms in total. The summed E-state index contributed by atoms with van der Waals surface area (Å²) in [5.41, 5.74) is 14.5. The van der Waals surface area contributed by atoms with Gasteiger partial charge in [-0.2, -0.15) is 0 Å². The van der Waals surface area contributed by atoms with Crippen LogP contribution in [0.1, 0.15) is 51.7 Å². The van der Waals surface area contributed by atoms with E-state index in [0.717, 1.165) is 63.2 Å². The van der Waals surface area contributed by atoms with Gasteiger partial charge in [-0.3, -0.25) is 4.57 Å². The molecule has 3 aromatic heterocycles. The average Bonchev–Trinajstić information content (AvgIpc) is 3.87. The third-order valence-electron chi connectivity index (χ3n) is 14.5. The number of nitrogens with zero attached hydrogens (tertiary/aromatic N) is 4. The smallest absolute Gasteiger partial charge is 0.165 e. The highest BCUT2D eigenvalue weighted by molar-refractivity contribution is 6.37. The van der Waals surface area contributed by atoms with Crippen molar-refractivity contribution in [2.24, 2.45) is 0 Å². The van der Waals surface area contributed by atoms with Crippen molar-refractivity contribution in [1.82, 2.24) is 19.1 Å². The van der Waals surface area contributed by atoms with Gasteiger partial charge in [0.2, 0.25) is 0 Å². The minimum Gasteiger partial charge on any atom is -0.307 e. The van der Waals surface area contributed by atoms with Gasteiger partial charge in [-0.1, -0.05) is 161 Å². The van der Waals surface area contributed by atoms with Crippen LogP contribution in [-0.4, -0.2) is 19.1 Å². The molecule has 0 spiro atoms. The minimum absolute atomic E-state index is 0.0173. The SMILES string of the molecule is CC1(C)CCC(C)(C)c2c1ccc1c2c2c3ccccc3c3c4ccccc4n(-c4ccccc4)c3c2n1-c1nc2ccccc2nc1-c1cccc(-c2ccc3ccccc3c2)c1. The van der Waals surface area contributed by atoms with E-state index in [9.17, 15) is 0 Å². The van der Waals surface area contributed by atoms with Crippen LogP contribution in [0.3, 0.4) is 0 Å². The van der Waals surface area contributed by atoms with Gasteiger partial charge < -0.3 is 4.57 Å². The van der Waals surface area contributed by atoms with Gasteiger partial charge in [0.1, 0.15) is 5.69 Å². The van der Waals surface area contributed by atoms with Crippen LogP contribution in [0.4, 0.5) is 0 Å². The van der Waals surface area contributed by atoms with Gasteiger partial charge in [0.05, 0.1) is 33.1 Å². The molecule has 0 fully saturated rings. The number of hydrogen-bond acceptors (Lipinski definition) is 2. The van der Waals surface area contributed by atoms with E-state index >= 15 is 0 Å². The molecule has 306 valence electrons. The Balaban J connectivity index is 1.26. The molecule has 64 heavy (non-hydrogen) atoms. The molecular formula is C60H46N4. The second-order valence-electron chi connectivity index (χ2n) is 19.2. The van der Waals surface area contributed by atoms with Crippen LogP contribution in [0.5, 0.6) is 0 Å². The van der Waals surface area contributed by atoms with Crippen molar-refractivity contribution in [1.29, 1.82) is 0 Å². The predicted octanol–water partition coefficient (Wildman–Crippen LogP) is 15.8. The monoisotopic (exact) mass is 822 g/mol. The Bertz CT molecular complexity index is 3900. The van der Waals surface area contributed by atoms with Crippen LogP contribution in [-0.2, 0) is 10.8 Å². The van der Waals surface area contributed by atoms with Crippen molar-refractivity contribution in [3.05, 3.63) is 193 Å². The number of para-hydroxylation sites is 4. The first-order valence-electron chi connectivity index (χ1n) is 22.6. The first kappa shape index (κ1) is 37.0. The van der Waals surface area contributed by atoms with Gasteiger partial charge in [-0.05, 0) is 116 Å². The van der Waals surface area contributed by atoms with Gasteiger partial charge in [-0.25, -0.2) is 9.97 Å². The Kier molecular flexibility index (Phi) is 7.80. The first-order chi connectivity index (χ1) is 31.2. The molecule has 12 aromatic rings. The summed E-state index contributed by atoms with van der Waals surface area (Å²) in [5, 5.41) is 10.0. The predicted molar refractivity (Wildman–Crippen MR) is 269 cm³/mol. The van der Waals surface area contributed by atoms with E-state index in [4.69, 9.17) is 9.97 Å². The van der Waals surface area contributed by atoms with E-state index in [2.05, 4.69) is 219 Å². The molecule has 0 saturated carbocycles. The molecule has 0 radical (unpaired) electrons. The molecule has 0 atom stereocenters. The maximum atomic E-state index is 5.75. The molecule has 0 bridgehead atoms. The molecule has 0 N–H and O–H groups in total. The summed E-state index contributed by atoms with van der Waals surface area (Å²) < 4.78 is 5.01. The summed E-state index contributed by atoms with van der Waals surface area (Å²) in [4.78, 5) is 11.4. The lowest BCUT2D eigenvalue weighted by Crippen LogP contribution is -2.34. The maximum absolute atomic E-state index is 5.75. The van der Waals surface area contributed by atoms with Gasteiger partial charge in [0, 0.05) is 32.8 Å². The third kappa shape index (κ3) is 5.29. The fraction of sp³-hybridized carbons (Fsp3) is 0.133. The number of fused-ring (bicyclic) bond motifs is 14. The van der Waals surface area contributed by atoms with Crippen molar-refractivity contribution in [2.75, 3.05) is 0 Å². The zero-order valence-corrected chi connectivity index (χ0v) is 36.5. The highest BCUT2D eigenvalue weighted by Gasteiger charge is 2.40. The number of rotatable bonds is 4. The minimum atomic E-state index is -0.0717. The number of aromatic nitrogens is 4. The lowest BCUT2D eigenvalue weighted by Gasteiger charge is -2.42. The molecule has 0 aliphatic heterocycles. The maximum Gasteiger partial charge on any atom is 0.165 e. The Morgan fingerprint density at radius 2 is 1.05 bits per heavy atom. The van der Waals surface area contributed by atoms with Crippen LogP contribution in [0, 0.1) is 0 Å². The summed E-state index contributed by atoms with van der Waals surface area (Å²) >= 11 is 0. The zero-order chi connectivity index (χ0) is 42.9. The molecule has 3 heterocycles. The standard InChI is InChI=1S/C60H46N4/c1-59(2)33-34-60(3,4)54-46(59)31-32-50-53(54)52-44-24-11-10-23-43(44)51-45-25-12-15-28-49(45)63(42-21-6-5-7-22-42)56(51)57(52)64(50)58-55(61-47-26-13-14-27-48(47)62-58)41-20-16-19-39(36-41)40-30-29-37-17-8-9-18-38(37)35-40/h5-32,35-36H,33-34H2,1-4H3. The normalized spacial score (nSPS) is 14.7. The second kappa shape index (κ2) is 13.5. The molecule has 1 aliphatic rings. The largest absolute Gasteiger partial charge is 0.307 e.